The first-order valence-electron chi connectivity index (χ1n) is 10.1. The van der Waals surface area contributed by atoms with Crippen LogP contribution in [0, 0.1) is 12.8 Å². The summed E-state index contributed by atoms with van der Waals surface area (Å²) in [6, 6.07) is 4.09. The van der Waals surface area contributed by atoms with E-state index in [0.717, 1.165) is 47.8 Å². The molecule has 1 aliphatic rings. The molecular weight excluding hydrogens is 368 g/mol. The van der Waals surface area contributed by atoms with Crippen LogP contribution in [0.3, 0.4) is 0 Å². The fourth-order valence-corrected chi connectivity index (χ4v) is 4.24. The number of rotatable bonds is 5. The fourth-order valence-electron chi connectivity index (χ4n) is 4.24. The summed E-state index contributed by atoms with van der Waals surface area (Å²) in [6.45, 7) is 8.32. The molecule has 8 nitrogen and oxygen atoms in total. The number of fused-ring (bicyclic) bond motifs is 1. The highest BCUT2D eigenvalue weighted by molar-refractivity contribution is 5.72. The van der Waals surface area contributed by atoms with Crippen LogP contribution in [0.25, 0.3) is 5.52 Å². The number of nitrogens with zero attached hydrogens (tertiary/aromatic N) is 5. The Balaban J connectivity index is 1.65. The Hall–Kier alpha value is -2.90. The van der Waals surface area contributed by atoms with Crippen LogP contribution in [0.2, 0.25) is 0 Å². The molecule has 154 valence electrons. The lowest BCUT2D eigenvalue weighted by molar-refractivity contribution is -0.138. The summed E-state index contributed by atoms with van der Waals surface area (Å²) < 4.78 is 3.82. The molecule has 1 fully saturated rings. The van der Waals surface area contributed by atoms with Gasteiger partial charge in [-0.3, -0.25) is 4.79 Å². The highest BCUT2D eigenvalue weighted by Gasteiger charge is 2.31. The molecule has 1 saturated carbocycles. The highest BCUT2D eigenvalue weighted by atomic mass is 16.4. The van der Waals surface area contributed by atoms with E-state index in [4.69, 9.17) is 10.2 Å². The number of aryl methyl sites for hydroxylation is 1. The number of aromatic nitrogens is 5. The van der Waals surface area contributed by atoms with Crippen molar-refractivity contribution in [1.82, 2.24) is 24.4 Å². The van der Waals surface area contributed by atoms with Crippen LogP contribution in [0.15, 0.2) is 24.5 Å². The summed E-state index contributed by atoms with van der Waals surface area (Å²) in [5.41, 5.74) is 2.66. The zero-order valence-electron chi connectivity index (χ0n) is 17.4. The van der Waals surface area contributed by atoms with Gasteiger partial charge in [0.05, 0.1) is 16.9 Å². The minimum atomic E-state index is -0.714. The van der Waals surface area contributed by atoms with Crippen molar-refractivity contribution >= 4 is 23.1 Å². The van der Waals surface area contributed by atoms with Crippen LogP contribution < -0.4 is 5.32 Å². The third kappa shape index (κ3) is 3.97. The summed E-state index contributed by atoms with van der Waals surface area (Å²) in [4.78, 5) is 15.6. The minimum absolute atomic E-state index is 0.207. The molecule has 0 aromatic carbocycles. The lowest BCUT2D eigenvalue weighted by atomic mass is 10.00. The number of hydrogen-bond donors (Lipinski definition) is 2. The monoisotopic (exact) mass is 396 g/mol. The normalized spacial score (nSPS) is 19.7. The first-order chi connectivity index (χ1) is 13.7. The second kappa shape index (κ2) is 7.17. The van der Waals surface area contributed by atoms with E-state index >= 15 is 0 Å². The largest absolute Gasteiger partial charge is 0.481 e. The van der Waals surface area contributed by atoms with Crippen molar-refractivity contribution in [3.63, 3.8) is 0 Å². The van der Waals surface area contributed by atoms with Gasteiger partial charge in [0.2, 0.25) is 0 Å². The van der Waals surface area contributed by atoms with Gasteiger partial charge in [0.15, 0.2) is 5.82 Å². The molecule has 3 aromatic heterocycles. The molecule has 0 bridgehead atoms. The average molecular weight is 396 g/mol. The van der Waals surface area contributed by atoms with Crippen LogP contribution in [-0.4, -0.2) is 35.5 Å². The first kappa shape index (κ1) is 19.4. The topological polar surface area (TPSA) is 97.3 Å². The molecule has 2 atom stereocenters. The summed E-state index contributed by atoms with van der Waals surface area (Å²) in [6.07, 6.45) is 6.61. The van der Waals surface area contributed by atoms with Gasteiger partial charge in [0.1, 0.15) is 11.3 Å². The summed E-state index contributed by atoms with van der Waals surface area (Å²) in [5, 5.41) is 21.9. The van der Waals surface area contributed by atoms with Crippen LogP contribution in [0.1, 0.15) is 63.8 Å². The fraction of sp³-hybridized carbons (Fsp3) is 0.524. The van der Waals surface area contributed by atoms with Crippen molar-refractivity contribution in [2.75, 3.05) is 5.32 Å². The van der Waals surface area contributed by atoms with Crippen LogP contribution >= 0.6 is 0 Å². The highest BCUT2D eigenvalue weighted by Crippen LogP contribution is 2.41. The number of carboxylic acid groups (broad SMARTS) is 1. The standard InChI is InChI=1S/C21H28N6O2/c1-13-9-17-20(22-7-8-26(17)24-13)23-18-12-16(25-27(18)21(2,3)4)15-6-5-14(10-15)11-19(28)29/h7-9,12,14-15H,5-6,10-11H2,1-4H3,(H,22,23)(H,28,29). The lowest BCUT2D eigenvalue weighted by Crippen LogP contribution is -2.25. The Bertz CT molecular complexity index is 1050. The Kier molecular flexibility index (Phi) is 4.80. The second-order valence-electron chi connectivity index (χ2n) is 9.03. The number of anilines is 2. The summed E-state index contributed by atoms with van der Waals surface area (Å²) in [7, 11) is 0. The lowest BCUT2D eigenvalue weighted by Gasteiger charge is -2.22. The van der Waals surface area contributed by atoms with E-state index in [1.807, 2.05) is 28.4 Å². The van der Waals surface area contributed by atoms with Gasteiger partial charge in [-0.25, -0.2) is 14.2 Å². The van der Waals surface area contributed by atoms with Gasteiger partial charge in [0.25, 0.3) is 0 Å². The smallest absolute Gasteiger partial charge is 0.303 e. The van der Waals surface area contributed by atoms with Crippen molar-refractivity contribution in [1.29, 1.82) is 0 Å². The first-order valence-corrected chi connectivity index (χ1v) is 10.1. The Morgan fingerprint density at radius 3 is 2.79 bits per heavy atom. The van der Waals surface area contributed by atoms with Gasteiger partial charge in [-0.15, -0.1) is 0 Å². The molecule has 0 aliphatic heterocycles. The van der Waals surface area contributed by atoms with Gasteiger partial charge in [0, 0.05) is 30.8 Å². The van der Waals surface area contributed by atoms with E-state index in [9.17, 15) is 4.79 Å². The molecule has 29 heavy (non-hydrogen) atoms. The number of aliphatic carboxylic acids is 1. The summed E-state index contributed by atoms with van der Waals surface area (Å²) in [5.74, 6) is 1.44. The number of carboxylic acids is 1. The van der Waals surface area contributed by atoms with Gasteiger partial charge < -0.3 is 10.4 Å². The number of hydrogen-bond acceptors (Lipinski definition) is 5. The van der Waals surface area contributed by atoms with Crippen molar-refractivity contribution < 1.29 is 9.90 Å². The number of nitrogens with one attached hydrogen (secondary N) is 1. The molecule has 2 N–H and O–H groups in total. The molecule has 0 amide bonds. The van der Waals surface area contributed by atoms with Crippen LogP contribution in [-0.2, 0) is 10.3 Å². The molecule has 4 rings (SSSR count). The molecule has 0 saturated heterocycles. The van der Waals surface area contributed by atoms with E-state index in [-0.39, 0.29) is 17.9 Å². The SMILES string of the molecule is Cc1cc2c(Nc3cc(C4CCC(CC(=O)O)C4)nn3C(C)(C)C)nccn2n1. The second-order valence-corrected chi connectivity index (χ2v) is 9.03. The van der Waals surface area contributed by atoms with E-state index in [1.165, 1.54) is 0 Å². The number of carbonyl (C=O) groups is 1. The van der Waals surface area contributed by atoms with Crippen molar-refractivity contribution in [2.45, 2.75) is 64.8 Å². The van der Waals surface area contributed by atoms with Gasteiger partial charge in [-0.2, -0.15) is 10.2 Å². The molecule has 2 unspecified atom stereocenters. The van der Waals surface area contributed by atoms with Gasteiger partial charge in [-0.05, 0) is 58.9 Å². The van der Waals surface area contributed by atoms with Gasteiger partial charge >= 0.3 is 5.97 Å². The van der Waals surface area contributed by atoms with E-state index < -0.39 is 5.97 Å². The van der Waals surface area contributed by atoms with Crippen molar-refractivity contribution in [3.05, 3.63) is 35.9 Å². The van der Waals surface area contributed by atoms with Crippen LogP contribution in [0.4, 0.5) is 11.6 Å². The van der Waals surface area contributed by atoms with E-state index in [1.54, 1.807) is 6.20 Å². The Morgan fingerprint density at radius 2 is 2.07 bits per heavy atom. The molecule has 3 aromatic rings. The zero-order valence-corrected chi connectivity index (χ0v) is 17.4. The molecule has 3 heterocycles. The van der Waals surface area contributed by atoms with E-state index in [0.29, 0.717) is 5.92 Å². The van der Waals surface area contributed by atoms with Crippen molar-refractivity contribution in [2.24, 2.45) is 5.92 Å². The molecule has 0 radical (unpaired) electrons. The Labute approximate surface area is 170 Å². The quantitative estimate of drug-likeness (QED) is 0.674. The Morgan fingerprint density at radius 1 is 1.28 bits per heavy atom. The zero-order chi connectivity index (χ0) is 20.8. The summed E-state index contributed by atoms with van der Waals surface area (Å²) >= 11 is 0. The molecule has 1 aliphatic carbocycles. The predicted octanol–water partition coefficient (Wildman–Crippen LogP) is 4.09. The average Bonchev–Trinajstić information content (AvgIpc) is 3.31. The third-order valence-electron chi connectivity index (χ3n) is 5.54. The maximum atomic E-state index is 11.1. The maximum absolute atomic E-state index is 11.1. The van der Waals surface area contributed by atoms with Gasteiger partial charge in [-0.1, -0.05) is 0 Å². The molecule has 0 spiro atoms. The third-order valence-corrected chi connectivity index (χ3v) is 5.54. The minimum Gasteiger partial charge on any atom is -0.481 e. The maximum Gasteiger partial charge on any atom is 0.303 e. The van der Waals surface area contributed by atoms with E-state index in [2.05, 4.69) is 42.2 Å². The molecule has 8 heteroatoms. The van der Waals surface area contributed by atoms with Crippen LogP contribution in [0.5, 0.6) is 0 Å². The molecular formula is C21H28N6O2. The van der Waals surface area contributed by atoms with Crippen molar-refractivity contribution in [3.8, 4) is 0 Å². The predicted molar refractivity (Wildman–Crippen MR) is 111 cm³/mol.